The molecule has 2 aromatic rings. The zero-order valence-electron chi connectivity index (χ0n) is 16.5. The summed E-state index contributed by atoms with van der Waals surface area (Å²) in [5.41, 5.74) is -0.643. The van der Waals surface area contributed by atoms with Crippen molar-refractivity contribution < 1.29 is 26.4 Å². The number of halogens is 3. The van der Waals surface area contributed by atoms with Crippen molar-refractivity contribution in [2.24, 2.45) is 0 Å². The normalized spacial score (nSPS) is 12.0. The number of alkyl halides is 3. The van der Waals surface area contributed by atoms with Gasteiger partial charge >= 0.3 is 6.18 Å². The van der Waals surface area contributed by atoms with Crippen LogP contribution in [0.2, 0.25) is 0 Å². The number of aromatic nitrogens is 2. The number of amides is 1. The second kappa shape index (κ2) is 9.28. The first-order valence-electron chi connectivity index (χ1n) is 8.95. The third-order valence-electron chi connectivity index (χ3n) is 3.95. The number of benzene rings is 1. The molecule has 0 radical (unpaired) electrons. The number of carbonyl (C=O) groups is 1. The Bertz CT molecular complexity index is 993. The number of hydrogen-bond acceptors (Lipinski definition) is 7. The van der Waals surface area contributed by atoms with Crippen LogP contribution in [0.5, 0.6) is 0 Å². The molecule has 0 aliphatic heterocycles. The van der Waals surface area contributed by atoms with Crippen molar-refractivity contribution >= 4 is 33.2 Å². The Hall–Kier alpha value is -2.89. The summed E-state index contributed by atoms with van der Waals surface area (Å²) in [6, 6.07) is 5.74. The summed E-state index contributed by atoms with van der Waals surface area (Å²) in [4.78, 5) is 18.6. The summed E-state index contributed by atoms with van der Waals surface area (Å²) in [5, 5.41) is 7.16. The van der Waals surface area contributed by atoms with E-state index in [1.54, 1.807) is 13.8 Å². The molecule has 0 unspecified atom stereocenters. The Labute approximate surface area is 172 Å². The number of nitrogens with zero attached hydrogens (tertiary/aromatic N) is 2. The van der Waals surface area contributed by atoms with Crippen molar-refractivity contribution in [3.63, 3.8) is 0 Å². The van der Waals surface area contributed by atoms with E-state index >= 15 is 0 Å². The number of rotatable bonds is 8. The highest BCUT2D eigenvalue weighted by atomic mass is 32.2. The molecule has 0 fully saturated rings. The maximum absolute atomic E-state index is 13.2. The molecule has 1 aromatic carbocycles. The topological polar surface area (TPSA) is 113 Å². The van der Waals surface area contributed by atoms with Gasteiger partial charge in [0.2, 0.25) is 11.9 Å². The molecule has 0 bridgehead atoms. The summed E-state index contributed by atoms with van der Waals surface area (Å²) < 4.78 is 63.9. The first kappa shape index (κ1) is 23.4. The van der Waals surface area contributed by atoms with E-state index in [4.69, 9.17) is 0 Å². The minimum atomic E-state index is -4.66. The summed E-state index contributed by atoms with van der Waals surface area (Å²) in [7, 11) is -3.44. The predicted octanol–water partition coefficient (Wildman–Crippen LogP) is 2.97. The molecule has 0 spiro atoms. The fourth-order valence-corrected chi connectivity index (χ4v) is 3.39. The fraction of sp³-hybridized carbons (Fsp3) is 0.389. The number of anilines is 3. The average Bonchev–Trinajstić information content (AvgIpc) is 2.64. The van der Waals surface area contributed by atoms with E-state index in [1.807, 2.05) is 0 Å². The fourth-order valence-electron chi connectivity index (χ4n) is 2.33. The van der Waals surface area contributed by atoms with Crippen molar-refractivity contribution in [1.82, 2.24) is 15.3 Å². The molecule has 3 N–H and O–H groups in total. The highest BCUT2D eigenvalue weighted by Crippen LogP contribution is 2.34. The van der Waals surface area contributed by atoms with Gasteiger partial charge in [0.1, 0.15) is 11.4 Å². The highest BCUT2D eigenvalue weighted by molar-refractivity contribution is 7.92. The smallest absolute Gasteiger partial charge is 0.368 e. The van der Waals surface area contributed by atoms with Gasteiger partial charge in [-0.1, -0.05) is 0 Å². The van der Waals surface area contributed by atoms with Crippen LogP contribution in [0.4, 0.5) is 30.6 Å². The van der Waals surface area contributed by atoms with Gasteiger partial charge < -0.3 is 16.0 Å². The van der Waals surface area contributed by atoms with E-state index in [0.717, 1.165) is 0 Å². The van der Waals surface area contributed by atoms with Gasteiger partial charge in [0, 0.05) is 31.9 Å². The third kappa shape index (κ3) is 6.05. The molecule has 2 rings (SSSR count). The predicted molar refractivity (Wildman–Crippen MR) is 106 cm³/mol. The number of nitrogens with one attached hydrogen (secondary N) is 3. The molecular weight excluding hydrogens is 423 g/mol. The summed E-state index contributed by atoms with van der Waals surface area (Å²) in [5.74, 6) is -0.852. The zero-order chi connectivity index (χ0) is 22.5. The van der Waals surface area contributed by atoms with Crippen molar-refractivity contribution in [3.05, 3.63) is 36.0 Å². The van der Waals surface area contributed by atoms with Crippen LogP contribution in [-0.4, -0.2) is 42.6 Å². The largest absolute Gasteiger partial charge is 0.421 e. The van der Waals surface area contributed by atoms with Crippen molar-refractivity contribution in [3.8, 4) is 0 Å². The molecule has 30 heavy (non-hydrogen) atoms. The van der Waals surface area contributed by atoms with Crippen LogP contribution in [-0.2, 0) is 20.8 Å². The van der Waals surface area contributed by atoms with E-state index in [2.05, 4.69) is 25.9 Å². The number of sulfone groups is 1. The minimum absolute atomic E-state index is 0.0286. The SMILES string of the molecule is CC(=O)NCCNc1nc(Nc2ccc(S(=O)(=O)C(C)C)cc2)ncc1C(F)(F)F. The molecule has 0 saturated heterocycles. The van der Waals surface area contributed by atoms with E-state index in [9.17, 15) is 26.4 Å². The first-order valence-corrected chi connectivity index (χ1v) is 10.5. The maximum atomic E-state index is 13.2. The summed E-state index contributed by atoms with van der Waals surface area (Å²) >= 11 is 0. The van der Waals surface area contributed by atoms with Gasteiger partial charge in [-0.2, -0.15) is 18.2 Å². The zero-order valence-corrected chi connectivity index (χ0v) is 17.4. The average molecular weight is 445 g/mol. The van der Waals surface area contributed by atoms with E-state index in [0.29, 0.717) is 11.9 Å². The number of hydrogen-bond donors (Lipinski definition) is 3. The van der Waals surface area contributed by atoms with Gasteiger partial charge in [-0.25, -0.2) is 13.4 Å². The second-order valence-electron chi connectivity index (χ2n) is 6.61. The van der Waals surface area contributed by atoms with Crippen LogP contribution in [0.3, 0.4) is 0 Å². The monoisotopic (exact) mass is 445 g/mol. The lowest BCUT2D eigenvalue weighted by molar-refractivity contribution is -0.137. The lowest BCUT2D eigenvalue weighted by Crippen LogP contribution is -2.27. The van der Waals surface area contributed by atoms with Crippen molar-refractivity contribution in [2.45, 2.75) is 37.1 Å². The van der Waals surface area contributed by atoms with Gasteiger partial charge in [-0.05, 0) is 38.1 Å². The maximum Gasteiger partial charge on any atom is 0.421 e. The molecule has 8 nitrogen and oxygen atoms in total. The van der Waals surface area contributed by atoms with E-state index in [-0.39, 0.29) is 29.8 Å². The Morgan fingerprint density at radius 2 is 1.77 bits per heavy atom. The van der Waals surface area contributed by atoms with Crippen LogP contribution in [0.1, 0.15) is 26.3 Å². The third-order valence-corrected chi connectivity index (χ3v) is 6.12. The molecule has 0 saturated carbocycles. The Balaban J connectivity index is 2.21. The number of carbonyl (C=O) groups excluding carboxylic acids is 1. The van der Waals surface area contributed by atoms with Gasteiger partial charge in [0.15, 0.2) is 9.84 Å². The Kier molecular flexibility index (Phi) is 7.24. The standard InChI is InChI=1S/C18H22F3N5O3S/c1-11(2)30(28,29)14-6-4-13(5-7-14)25-17-24-10-15(18(19,20)21)16(26-17)23-9-8-22-12(3)27/h4-7,10-11H,8-9H2,1-3H3,(H,22,27)(H2,23,24,25,26). The molecule has 164 valence electrons. The first-order chi connectivity index (χ1) is 13.9. The molecule has 0 aliphatic carbocycles. The minimum Gasteiger partial charge on any atom is -0.368 e. The van der Waals surface area contributed by atoms with Crippen molar-refractivity contribution in [2.75, 3.05) is 23.7 Å². The highest BCUT2D eigenvalue weighted by Gasteiger charge is 2.35. The lowest BCUT2D eigenvalue weighted by atomic mass is 10.3. The molecule has 0 aliphatic rings. The van der Waals surface area contributed by atoms with Crippen LogP contribution >= 0.6 is 0 Å². The van der Waals surface area contributed by atoms with Crippen LogP contribution in [0, 0.1) is 0 Å². The summed E-state index contributed by atoms with van der Waals surface area (Å²) in [6.45, 7) is 4.58. The molecule has 1 aromatic heterocycles. The van der Waals surface area contributed by atoms with Gasteiger partial charge in [0.25, 0.3) is 0 Å². The molecular formula is C18H22F3N5O3S. The van der Waals surface area contributed by atoms with Gasteiger partial charge in [-0.15, -0.1) is 0 Å². The molecule has 0 atom stereocenters. The Morgan fingerprint density at radius 1 is 1.13 bits per heavy atom. The van der Waals surface area contributed by atoms with E-state index in [1.165, 1.54) is 31.2 Å². The summed E-state index contributed by atoms with van der Waals surface area (Å²) in [6.07, 6.45) is -4.02. The quantitative estimate of drug-likeness (QED) is 0.536. The van der Waals surface area contributed by atoms with Gasteiger partial charge in [0.05, 0.1) is 10.1 Å². The van der Waals surface area contributed by atoms with Crippen molar-refractivity contribution in [1.29, 1.82) is 0 Å². The molecule has 1 amide bonds. The lowest BCUT2D eigenvalue weighted by Gasteiger charge is -2.15. The van der Waals surface area contributed by atoms with Gasteiger partial charge in [-0.3, -0.25) is 4.79 Å². The van der Waals surface area contributed by atoms with Crippen LogP contribution < -0.4 is 16.0 Å². The van der Waals surface area contributed by atoms with Crippen LogP contribution in [0.15, 0.2) is 35.4 Å². The molecule has 1 heterocycles. The molecule has 12 heteroatoms. The second-order valence-corrected chi connectivity index (χ2v) is 9.11. The van der Waals surface area contributed by atoms with Crippen LogP contribution in [0.25, 0.3) is 0 Å². The Morgan fingerprint density at radius 3 is 2.30 bits per heavy atom. The van der Waals surface area contributed by atoms with E-state index < -0.39 is 32.6 Å².